The van der Waals surface area contributed by atoms with Crippen molar-refractivity contribution in [3.05, 3.63) is 47.6 Å². The number of anilines is 1. The Hall–Kier alpha value is -1.54. The molecule has 0 amide bonds. The average Bonchev–Trinajstić information content (AvgIpc) is 2.38. The molecule has 1 aliphatic heterocycles. The number of hydrogen-bond donors (Lipinski definition) is 1. The number of ether oxygens (including phenoxy) is 1. The fourth-order valence-corrected chi connectivity index (χ4v) is 2.49. The molecule has 1 aromatic carbocycles. The number of fused-ring (bicyclic) bond motifs is 2. The van der Waals surface area contributed by atoms with E-state index in [1.54, 1.807) is 7.11 Å². The third-order valence-corrected chi connectivity index (χ3v) is 3.27. The second-order valence-corrected chi connectivity index (χ2v) is 4.19. The highest BCUT2D eigenvalue weighted by atomic mass is 16.5. The van der Waals surface area contributed by atoms with Crippen LogP contribution in [-0.2, 0) is 4.74 Å². The summed E-state index contributed by atoms with van der Waals surface area (Å²) >= 11 is 0. The number of nitrogens with one attached hydrogen (secondary N) is 1. The van der Waals surface area contributed by atoms with E-state index < -0.39 is 0 Å². The first-order chi connectivity index (χ1) is 7.90. The molecule has 0 fully saturated rings. The smallest absolute Gasteiger partial charge is 0.150 e. The summed E-state index contributed by atoms with van der Waals surface area (Å²) in [6.45, 7) is 0. The summed E-state index contributed by atoms with van der Waals surface area (Å²) in [5, 5.41) is 3.43. The minimum Gasteiger partial charge on any atom is -0.358 e. The van der Waals surface area contributed by atoms with Crippen LogP contribution in [0.2, 0.25) is 0 Å². The quantitative estimate of drug-likeness (QED) is 0.773. The van der Waals surface area contributed by atoms with Gasteiger partial charge in [0.05, 0.1) is 0 Å². The number of hydrogen-bond acceptors (Lipinski definition) is 2. The number of benzene rings is 1. The van der Waals surface area contributed by atoms with Crippen LogP contribution in [0.5, 0.6) is 0 Å². The Morgan fingerprint density at radius 3 is 3.06 bits per heavy atom. The van der Waals surface area contributed by atoms with E-state index >= 15 is 0 Å². The minimum atomic E-state index is 0.0369. The molecular weight excluding hydrogens is 198 g/mol. The Morgan fingerprint density at radius 2 is 2.19 bits per heavy atom. The van der Waals surface area contributed by atoms with Crippen molar-refractivity contribution in [2.45, 2.75) is 19.1 Å². The van der Waals surface area contributed by atoms with Gasteiger partial charge in [-0.25, -0.2) is 0 Å². The lowest BCUT2D eigenvalue weighted by atomic mass is 9.87. The van der Waals surface area contributed by atoms with Gasteiger partial charge in [0, 0.05) is 18.4 Å². The highest BCUT2D eigenvalue weighted by Crippen LogP contribution is 2.38. The Labute approximate surface area is 95.6 Å². The van der Waals surface area contributed by atoms with Crippen LogP contribution in [0.3, 0.4) is 0 Å². The van der Waals surface area contributed by atoms with Crippen LogP contribution in [0.25, 0.3) is 5.57 Å². The normalized spacial score (nSPS) is 22.4. The Balaban J connectivity index is 2.17. The van der Waals surface area contributed by atoms with E-state index in [9.17, 15) is 0 Å². The molecule has 1 heterocycles. The third kappa shape index (κ3) is 1.38. The minimum absolute atomic E-state index is 0.0369. The number of rotatable bonds is 1. The highest BCUT2D eigenvalue weighted by Gasteiger charge is 2.25. The van der Waals surface area contributed by atoms with Crippen LogP contribution in [0.4, 0.5) is 5.69 Å². The lowest BCUT2D eigenvalue weighted by Gasteiger charge is -2.31. The monoisotopic (exact) mass is 213 g/mol. The van der Waals surface area contributed by atoms with E-state index in [1.807, 2.05) is 0 Å². The standard InChI is InChI=1S/C14H15NO/c1-16-14-12-8-3-2-6-10(12)11-7-4-5-9-13(11)15-14/h2,4-7,9,14-15H,3,8H2,1H3. The fraction of sp³-hybridized carbons (Fsp3) is 0.286. The van der Waals surface area contributed by atoms with Gasteiger partial charge >= 0.3 is 0 Å². The van der Waals surface area contributed by atoms with E-state index in [0.29, 0.717) is 0 Å². The summed E-state index contributed by atoms with van der Waals surface area (Å²) in [6, 6.07) is 8.41. The zero-order valence-corrected chi connectivity index (χ0v) is 9.36. The number of allylic oxidation sites excluding steroid dienone is 3. The Bertz CT molecular complexity index is 473. The van der Waals surface area contributed by atoms with Crippen LogP contribution < -0.4 is 5.32 Å². The molecule has 0 saturated heterocycles. The maximum absolute atomic E-state index is 5.51. The molecule has 1 unspecified atom stereocenters. The van der Waals surface area contributed by atoms with Gasteiger partial charge in [0.1, 0.15) is 0 Å². The molecule has 1 atom stereocenters. The van der Waals surface area contributed by atoms with Gasteiger partial charge in [0.2, 0.25) is 0 Å². The van der Waals surface area contributed by atoms with Gasteiger partial charge in [-0.1, -0.05) is 30.4 Å². The topological polar surface area (TPSA) is 21.3 Å². The second kappa shape index (κ2) is 3.80. The molecule has 1 aliphatic carbocycles. The summed E-state index contributed by atoms with van der Waals surface area (Å²) in [7, 11) is 1.76. The van der Waals surface area contributed by atoms with E-state index in [1.165, 1.54) is 22.4 Å². The molecule has 82 valence electrons. The number of methoxy groups -OCH3 is 1. The van der Waals surface area contributed by atoms with Gasteiger partial charge in [-0.05, 0) is 30.1 Å². The molecule has 16 heavy (non-hydrogen) atoms. The molecule has 0 aromatic heterocycles. The van der Waals surface area contributed by atoms with Gasteiger partial charge in [-0.15, -0.1) is 0 Å². The highest BCUT2D eigenvalue weighted by molar-refractivity contribution is 5.87. The summed E-state index contributed by atoms with van der Waals surface area (Å²) in [5.74, 6) is 0. The van der Waals surface area contributed by atoms with E-state index in [0.717, 1.165) is 12.8 Å². The molecule has 0 bridgehead atoms. The van der Waals surface area contributed by atoms with E-state index in [4.69, 9.17) is 4.74 Å². The maximum atomic E-state index is 5.51. The first-order valence-electron chi connectivity index (χ1n) is 5.68. The lowest BCUT2D eigenvalue weighted by Crippen LogP contribution is -2.29. The maximum Gasteiger partial charge on any atom is 0.150 e. The van der Waals surface area contributed by atoms with Gasteiger partial charge < -0.3 is 10.1 Å². The Morgan fingerprint density at radius 1 is 1.31 bits per heavy atom. The summed E-state index contributed by atoms with van der Waals surface area (Å²) in [6.07, 6.45) is 6.71. The summed E-state index contributed by atoms with van der Waals surface area (Å²) in [5.41, 5.74) is 5.18. The molecule has 0 spiro atoms. The first-order valence-corrected chi connectivity index (χ1v) is 5.68. The van der Waals surface area contributed by atoms with Crippen molar-refractivity contribution in [3.63, 3.8) is 0 Å². The molecule has 1 aromatic rings. The fourth-order valence-electron chi connectivity index (χ4n) is 2.49. The van der Waals surface area contributed by atoms with Crippen molar-refractivity contribution in [3.8, 4) is 0 Å². The SMILES string of the molecule is COC1Nc2ccccc2C2=C1CCC=C2. The van der Waals surface area contributed by atoms with Crippen LogP contribution in [-0.4, -0.2) is 13.3 Å². The predicted molar refractivity (Wildman–Crippen MR) is 66.2 cm³/mol. The molecule has 0 saturated carbocycles. The van der Waals surface area contributed by atoms with Gasteiger partial charge in [0.25, 0.3) is 0 Å². The van der Waals surface area contributed by atoms with Crippen LogP contribution >= 0.6 is 0 Å². The van der Waals surface area contributed by atoms with E-state index in [2.05, 4.69) is 41.7 Å². The van der Waals surface area contributed by atoms with Gasteiger partial charge in [0.15, 0.2) is 6.23 Å². The molecular formula is C14H15NO. The van der Waals surface area contributed by atoms with Gasteiger partial charge in [-0.2, -0.15) is 0 Å². The zero-order chi connectivity index (χ0) is 11.0. The third-order valence-electron chi connectivity index (χ3n) is 3.27. The van der Waals surface area contributed by atoms with Crippen LogP contribution in [0.1, 0.15) is 18.4 Å². The molecule has 1 N–H and O–H groups in total. The average molecular weight is 213 g/mol. The van der Waals surface area contributed by atoms with Gasteiger partial charge in [-0.3, -0.25) is 0 Å². The lowest BCUT2D eigenvalue weighted by molar-refractivity contribution is 0.150. The van der Waals surface area contributed by atoms with Crippen molar-refractivity contribution in [2.24, 2.45) is 0 Å². The molecule has 0 radical (unpaired) electrons. The van der Waals surface area contributed by atoms with Crippen LogP contribution in [0.15, 0.2) is 42.0 Å². The first kappa shape index (κ1) is 9.67. The molecule has 2 aliphatic rings. The molecule has 2 nitrogen and oxygen atoms in total. The van der Waals surface area contributed by atoms with Crippen molar-refractivity contribution in [1.29, 1.82) is 0 Å². The summed E-state index contributed by atoms with van der Waals surface area (Å²) in [4.78, 5) is 0. The molecule has 2 heteroatoms. The number of para-hydroxylation sites is 1. The van der Waals surface area contributed by atoms with E-state index in [-0.39, 0.29) is 6.23 Å². The van der Waals surface area contributed by atoms with Crippen molar-refractivity contribution in [1.82, 2.24) is 0 Å². The van der Waals surface area contributed by atoms with Crippen molar-refractivity contribution < 1.29 is 4.74 Å². The molecule has 3 rings (SSSR count). The predicted octanol–water partition coefficient (Wildman–Crippen LogP) is 3.19. The zero-order valence-electron chi connectivity index (χ0n) is 9.36. The van der Waals surface area contributed by atoms with Crippen LogP contribution in [0, 0.1) is 0 Å². The Kier molecular flexibility index (Phi) is 2.29. The van der Waals surface area contributed by atoms with Crippen molar-refractivity contribution in [2.75, 3.05) is 12.4 Å². The van der Waals surface area contributed by atoms with Crippen molar-refractivity contribution >= 4 is 11.3 Å². The second-order valence-electron chi connectivity index (χ2n) is 4.19. The largest absolute Gasteiger partial charge is 0.358 e. The summed E-state index contributed by atoms with van der Waals surface area (Å²) < 4.78 is 5.51.